The molecule has 5 nitrogen and oxygen atoms in total. The zero-order valence-electron chi connectivity index (χ0n) is 15.5. The summed E-state index contributed by atoms with van der Waals surface area (Å²) in [6, 6.07) is 25.9. The molecular formula is C23H22O5. The van der Waals surface area contributed by atoms with Crippen LogP contribution < -0.4 is 14.2 Å². The zero-order valence-corrected chi connectivity index (χ0v) is 15.5. The van der Waals surface area contributed by atoms with E-state index >= 15 is 0 Å². The average Bonchev–Trinajstić information content (AvgIpc) is 2.76. The fraction of sp³-hybridized carbons (Fsp3) is 0.174. The molecule has 144 valence electrons. The van der Waals surface area contributed by atoms with Crippen molar-refractivity contribution in [1.29, 1.82) is 0 Å². The molecule has 3 rings (SSSR count). The van der Waals surface area contributed by atoms with Crippen molar-refractivity contribution in [3.8, 4) is 17.2 Å². The van der Waals surface area contributed by atoms with Crippen LogP contribution in [0.25, 0.3) is 0 Å². The van der Waals surface area contributed by atoms with Crippen molar-refractivity contribution in [3.05, 3.63) is 90.5 Å². The molecule has 0 N–H and O–H groups in total. The number of rotatable bonds is 10. The maximum atomic E-state index is 12.3. The average molecular weight is 378 g/mol. The highest BCUT2D eigenvalue weighted by atomic mass is 16.6. The molecule has 28 heavy (non-hydrogen) atoms. The fourth-order valence-corrected chi connectivity index (χ4v) is 2.48. The molecular weight excluding hydrogens is 356 g/mol. The van der Waals surface area contributed by atoms with Crippen LogP contribution in [0.1, 0.15) is 10.4 Å². The number of esters is 1. The van der Waals surface area contributed by atoms with Crippen LogP contribution in [0.3, 0.4) is 0 Å². The zero-order chi connectivity index (χ0) is 19.4. The highest BCUT2D eigenvalue weighted by molar-refractivity contribution is 5.92. The molecule has 0 heterocycles. The third kappa shape index (κ3) is 6.06. The van der Waals surface area contributed by atoms with Gasteiger partial charge in [0.1, 0.15) is 49.2 Å². The number of carbonyl (C=O) groups is 1. The van der Waals surface area contributed by atoms with Crippen LogP contribution in [0, 0.1) is 0 Å². The Bertz CT molecular complexity index is 849. The molecule has 0 atom stereocenters. The van der Waals surface area contributed by atoms with Crippen LogP contribution in [0.2, 0.25) is 0 Å². The summed E-state index contributed by atoms with van der Waals surface area (Å²) < 4.78 is 22.1. The van der Waals surface area contributed by atoms with E-state index < -0.39 is 5.97 Å². The Morgan fingerprint density at radius 3 is 1.71 bits per heavy atom. The van der Waals surface area contributed by atoms with E-state index in [1.54, 1.807) is 18.2 Å². The van der Waals surface area contributed by atoms with E-state index in [0.29, 0.717) is 24.5 Å². The lowest BCUT2D eigenvalue weighted by atomic mass is 10.2. The van der Waals surface area contributed by atoms with Crippen LogP contribution in [-0.2, 0) is 4.74 Å². The minimum Gasteiger partial charge on any atom is -0.490 e. The highest BCUT2D eigenvalue weighted by Crippen LogP contribution is 2.19. The predicted molar refractivity (Wildman–Crippen MR) is 106 cm³/mol. The van der Waals surface area contributed by atoms with Crippen molar-refractivity contribution in [2.45, 2.75) is 0 Å². The van der Waals surface area contributed by atoms with E-state index in [4.69, 9.17) is 18.9 Å². The second-order valence-electron chi connectivity index (χ2n) is 5.80. The third-order valence-corrected chi connectivity index (χ3v) is 3.79. The van der Waals surface area contributed by atoms with Crippen molar-refractivity contribution in [2.24, 2.45) is 0 Å². The fourth-order valence-electron chi connectivity index (χ4n) is 2.48. The normalized spacial score (nSPS) is 10.1. The molecule has 0 fully saturated rings. The molecule has 0 aliphatic heterocycles. The summed E-state index contributed by atoms with van der Waals surface area (Å²) in [5.41, 5.74) is 0.377. The van der Waals surface area contributed by atoms with Crippen molar-refractivity contribution < 1.29 is 23.7 Å². The smallest absolute Gasteiger partial charge is 0.342 e. The van der Waals surface area contributed by atoms with Gasteiger partial charge < -0.3 is 18.9 Å². The number of carbonyl (C=O) groups excluding carboxylic acids is 1. The van der Waals surface area contributed by atoms with Crippen molar-refractivity contribution >= 4 is 5.97 Å². The minimum absolute atomic E-state index is 0.152. The number of para-hydroxylation sites is 3. The topological polar surface area (TPSA) is 54.0 Å². The van der Waals surface area contributed by atoms with Crippen LogP contribution >= 0.6 is 0 Å². The standard InChI is InChI=1S/C23H22O5/c24-23(28-18-16-26-20-11-5-2-6-12-20)21-13-7-8-14-22(21)27-17-15-25-19-9-3-1-4-10-19/h1-14H,15-18H2. The van der Waals surface area contributed by atoms with E-state index in [0.717, 1.165) is 11.5 Å². The summed E-state index contributed by atoms with van der Waals surface area (Å²) in [5, 5.41) is 0. The number of hydrogen-bond acceptors (Lipinski definition) is 5. The van der Waals surface area contributed by atoms with Gasteiger partial charge in [-0.15, -0.1) is 0 Å². The molecule has 3 aromatic carbocycles. The van der Waals surface area contributed by atoms with Gasteiger partial charge in [-0.3, -0.25) is 0 Å². The van der Waals surface area contributed by atoms with Gasteiger partial charge >= 0.3 is 5.97 Å². The lowest BCUT2D eigenvalue weighted by Gasteiger charge is -2.12. The van der Waals surface area contributed by atoms with E-state index in [9.17, 15) is 4.79 Å². The van der Waals surface area contributed by atoms with Crippen molar-refractivity contribution in [3.63, 3.8) is 0 Å². The summed E-state index contributed by atoms with van der Waals surface area (Å²) in [6.45, 7) is 1.12. The SMILES string of the molecule is O=C(OCCOc1ccccc1)c1ccccc1OCCOc1ccccc1. The van der Waals surface area contributed by atoms with Gasteiger partial charge in [0.05, 0.1) is 0 Å². The first-order valence-electron chi connectivity index (χ1n) is 9.07. The van der Waals surface area contributed by atoms with Crippen LogP contribution in [0.4, 0.5) is 0 Å². The first kappa shape index (κ1) is 19.3. The Kier molecular flexibility index (Phi) is 7.32. The molecule has 0 radical (unpaired) electrons. The lowest BCUT2D eigenvalue weighted by molar-refractivity contribution is 0.0445. The molecule has 0 aliphatic rings. The summed E-state index contributed by atoms with van der Waals surface area (Å²) in [4.78, 5) is 12.3. The van der Waals surface area contributed by atoms with Gasteiger partial charge in [0.15, 0.2) is 0 Å². The van der Waals surface area contributed by atoms with Gasteiger partial charge in [-0.05, 0) is 36.4 Å². The summed E-state index contributed by atoms with van der Waals surface area (Å²) >= 11 is 0. The molecule has 0 aliphatic carbocycles. The van der Waals surface area contributed by atoms with E-state index in [1.807, 2.05) is 66.7 Å². The second-order valence-corrected chi connectivity index (χ2v) is 5.80. The Balaban J connectivity index is 1.43. The lowest BCUT2D eigenvalue weighted by Crippen LogP contribution is -2.15. The summed E-state index contributed by atoms with van der Waals surface area (Å²) in [5.74, 6) is 1.53. The molecule has 0 aromatic heterocycles. The van der Waals surface area contributed by atoms with Gasteiger partial charge in [-0.2, -0.15) is 0 Å². The van der Waals surface area contributed by atoms with Crippen LogP contribution in [-0.4, -0.2) is 32.4 Å². The highest BCUT2D eigenvalue weighted by Gasteiger charge is 2.13. The maximum Gasteiger partial charge on any atom is 0.342 e. The Morgan fingerprint density at radius 2 is 1.07 bits per heavy atom. The molecule has 0 saturated carbocycles. The molecule has 5 heteroatoms. The first-order chi connectivity index (χ1) is 13.8. The van der Waals surface area contributed by atoms with Crippen LogP contribution in [0.5, 0.6) is 17.2 Å². The number of ether oxygens (including phenoxy) is 4. The van der Waals surface area contributed by atoms with E-state index in [1.165, 1.54) is 0 Å². The summed E-state index contributed by atoms with van der Waals surface area (Å²) in [6.07, 6.45) is 0. The first-order valence-corrected chi connectivity index (χ1v) is 9.07. The molecule has 0 bridgehead atoms. The Hall–Kier alpha value is -3.47. The number of hydrogen-bond donors (Lipinski definition) is 0. The third-order valence-electron chi connectivity index (χ3n) is 3.79. The van der Waals surface area contributed by atoms with Gasteiger partial charge in [0, 0.05) is 0 Å². The predicted octanol–water partition coefficient (Wildman–Crippen LogP) is 4.38. The Morgan fingerprint density at radius 1 is 0.571 bits per heavy atom. The molecule has 0 spiro atoms. The molecule has 0 unspecified atom stereocenters. The quantitative estimate of drug-likeness (QED) is 0.387. The van der Waals surface area contributed by atoms with Gasteiger partial charge in [-0.1, -0.05) is 48.5 Å². The van der Waals surface area contributed by atoms with Gasteiger partial charge in [0.2, 0.25) is 0 Å². The van der Waals surface area contributed by atoms with Gasteiger partial charge in [-0.25, -0.2) is 4.79 Å². The molecule has 0 amide bonds. The summed E-state index contributed by atoms with van der Waals surface area (Å²) in [7, 11) is 0. The van der Waals surface area contributed by atoms with E-state index in [2.05, 4.69) is 0 Å². The van der Waals surface area contributed by atoms with Crippen molar-refractivity contribution in [1.82, 2.24) is 0 Å². The Labute approximate surface area is 164 Å². The van der Waals surface area contributed by atoms with Gasteiger partial charge in [0.25, 0.3) is 0 Å². The number of benzene rings is 3. The van der Waals surface area contributed by atoms with E-state index in [-0.39, 0.29) is 13.2 Å². The van der Waals surface area contributed by atoms with Crippen molar-refractivity contribution in [2.75, 3.05) is 26.4 Å². The monoisotopic (exact) mass is 378 g/mol. The van der Waals surface area contributed by atoms with Crippen LogP contribution in [0.15, 0.2) is 84.9 Å². The second kappa shape index (κ2) is 10.6. The largest absolute Gasteiger partial charge is 0.490 e. The molecule has 3 aromatic rings. The minimum atomic E-state index is -0.448. The maximum absolute atomic E-state index is 12.3. The molecule has 0 saturated heterocycles.